The van der Waals surface area contributed by atoms with Gasteiger partial charge in [0.25, 0.3) is 0 Å². The van der Waals surface area contributed by atoms with E-state index in [1.165, 1.54) is 11.1 Å². The molecule has 27 heavy (non-hydrogen) atoms. The molecule has 140 valence electrons. The molecule has 0 unspecified atom stereocenters. The molecule has 0 amide bonds. The summed E-state index contributed by atoms with van der Waals surface area (Å²) < 4.78 is 0. The van der Waals surface area contributed by atoms with Gasteiger partial charge in [0.15, 0.2) is 5.78 Å². The first-order valence-electron chi connectivity index (χ1n) is 10.5. The van der Waals surface area contributed by atoms with Gasteiger partial charge in [-0.15, -0.1) is 0 Å². The van der Waals surface area contributed by atoms with E-state index in [1.54, 1.807) is 6.08 Å². The van der Waals surface area contributed by atoms with Crippen LogP contribution in [-0.4, -0.2) is 11.6 Å². The SMILES string of the molecule is C[C@]12C=CC(=O)C=C1[C@H](c1ccccc1)C[C@@H]1[C@@H]2CC[C@]2(C)C(=O)CC[C@@H]12. The third-order valence-electron chi connectivity index (χ3n) is 8.52. The van der Waals surface area contributed by atoms with Crippen molar-refractivity contribution in [1.82, 2.24) is 0 Å². The maximum absolute atomic E-state index is 12.7. The minimum absolute atomic E-state index is 0.0652. The standard InChI is InChI=1S/C25H28O2/c1-24-12-10-17(26)14-22(24)18(16-6-4-3-5-7-16)15-19-20-8-9-23(27)25(20,2)13-11-21(19)24/h3-7,10,12,14,18-21H,8-9,11,13,15H2,1-2H3/t18-,19-,20-,21-,24+,25-/m0/s1. The van der Waals surface area contributed by atoms with Crippen molar-refractivity contribution in [3.8, 4) is 0 Å². The van der Waals surface area contributed by atoms with Gasteiger partial charge in [-0.2, -0.15) is 0 Å². The molecule has 2 nitrogen and oxygen atoms in total. The van der Waals surface area contributed by atoms with Gasteiger partial charge >= 0.3 is 0 Å². The summed E-state index contributed by atoms with van der Waals surface area (Å²) in [6.07, 6.45) is 10.9. The van der Waals surface area contributed by atoms with Gasteiger partial charge in [0.1, 0.15) is 5.78 Å². The van der Waals surface area contributed by atoms with Crippen molar-refractivity contribution < 1.29 is 9.59 Å². The first-order chi connectivity index (χ1) is 12.9. The Labute approximate surface area is 161 Å². The quantitative estimate of drug-likeness (QED) is 0.685. The van der Waals surface area contributed by atoms with Crippen LogP contribution in [0.15, 0.2) is 54.1 Å². The lowest BCUT2D eigenvalue weighted by Crippen LogP contribution is -2.51. The summed E-state index contributed by atoms with van der Waals surface area (Å²) >= 11 is 0. The Kier molecular flexibility index (Phi) is 3.67. The fourth-order valence-corrected chi connectivity index (χ4v) is 7.05. The third kappa shape index (κ3) is 2.31. The number of hydrogen-bond acceptors (Lipinski definition) is 2. The molecule has 0 radical (unpaired) electrons. The first-order valence-corrected chi connectivity index (χ1v) is 10.5. The molecule has 0 N–H and O–H groups in total. The molecule has 3 saturated carbocycles. The van der Waals surface area contributed by atoms with E-state index >= 15 is 0 Å². The Balaban J connectivity index is 1.63. The molecule has 0 aliphatic heterocycles. The van der Waals surface area contributed by atoms with Crippen molar-refractivity contribution >= 4 is 11.6 Å². The molecule has 0 spiro atoms. The average Bonchev–Trinajstić information content (AvgIpc) is 2.98. The van der Waals surface area contributed by atoms with E-state index in [9.17, 15) is 9.59 Å². The first kappa shape index (κ1) is 17.2. The molecule has 1 aromatic carbocycles. The predicted octanol–water partition coefficient (Wildman–Crippen LogP) is 5.26. The number of Topliss-reactive ketones (excluding diaryl/α,β-unsaturated/α-hetero) is 1. The minimum atomic E-state index is -0.117. The summed E-state index contributed by atoms with van der Waals surface area (Å²) in [6, 6.07) is 10.7. The van der Waals surface area contributed by atoms with E-state index in [1.807, 2.05) is 6.08 Å². The van der Waals surface area contributed by atoms with E-state index < -0.39 is 0 Å². The van der Waals surface area contributed by atoms with Crippen molar-refractivity contribution in [2.75, 3.05) is 0 Å². The van der Waals surface area contributed by atoms with Crippen LogP contribution in [0.4, 0.5) is 0 Å². The number of carbonyl (C=O) groups excluding carboxylic acids is 2. The number of allylic oxidation sites excluding steroid dienone is 4. The minimum Gasteiger partial charge on any atom is -0.299 e. The highest BCUT2D eigenvalue weighted by atomic mass is 16.1. The highest BCUT2D eigenvalue weighted by molar-refractivity contribution is 6.01. The second kappa shape index (κ2) is 5.77. The molecular weight excluding hydrogens is 332 g/mol. The van der Waals surface area contributed by atoms with Crippen LogP contribution in [-0.2, 0) is 9.59 Å². The number of benzene rings is 1. The van der Waals surface area contributed by atoms with Crippen LogP contribution in [0.25, 0.3) is 0 Å². The molecule has 6 atom stereocenters. The van der Waals surface area contributed by atoms with E-state index in [0.29, 0.717) is 23.5 Å². The molecule has 3 fully saturated rings. The maximum Gasteiger partial charge on any atom is 0.178 e. The molecule has 0 heterocycles. The fraction of sp³-hybridized carbons (Fsp3) is 0.520. The topological polar surface area (TPSA) is 34.1 Å². The van der Waals surface area contributed by atoms with Gasteiger partial charge in [-0.1, -0.05) is 50.3 Å². The lowest BCUT2D eigenvalue weighted by atomic mass is 9.46. The monoisotopic (exact) mass is 360 g/mol. The summed E-state index contributed by atoms with van der Waals surface area (Å²) in [5.41, 5.74) is 2.43. The van der Waals surface area contributed by atoms with Gasteiger partial charge in [0.2, 0.25) is 0 Å². The van der Waals surface area contributed by atoms with Crippen molar-refractivity contribution in [1.29, 1.82) is 0 Å². The predicted molar refractivity (Wildman–Crippen MR) is 106 cm³/mol. The van der Waals surface area contributed by atoms with Crippen molar-refractivity contribution in [3.05, 3.63) is 59.7 Å². The van der Waals surface area contributed by atoms with Gasteiger partial charge in [-0.05, 0) is 66.7 Å². The van der Waals surface area contributed by atoms with Crippen molar-refractivity contribution in [2.45, 2.75) is 51.9 Å². The zero-order valence-electron chi connectivity index (χ0n) is 16.3. The number of fused-ring (bicyclic) bond motifs is 5. The molecule has 5 rings (SSSR count). The summed E-state index contributed by atoms with van der Waals surface area (Å²) in [5.74, 6) is 2.49. The Hall–Kier alpha value is -1.96. The summed E-state index contributed by atoms with van der Waals surface area (Å²) in [6.45, 7) is 4.57. The van der Waals surface area contributed by atoms with E-state index in [-0.39, 0.29) is 22.5 Å². The Morgan fingerprint density at radius 3 is 2.56 bits per heavy atom. The van der Waals surface area contributed by atoms with Gasteiger partial charge < -0.3 is 0 Å². The van der Waals surface area contributed by atoms with Gasteiger partial charge in [0.05, 0.1) is 0 Å². The van der Waals surface area contributed by atoms with Crippen molar-refractivity contribution in [3.63, 3.8) is 0 Å². The lowest BCUT2D eigenvalue weighted by molar-refractivity contribution is -0.131. The van der Waals surface area contributed by atoms with E-state index in [0.717, 1.165) is 32.1 Å². The third-order valence-corrected chi connectivity index (χ3v) is 8.52. The van der Waals surface area contributed by atoms with Gasteiger partial charge in [-0.3, -0.25) is 9.59 Å². The molecule has 1 aromatic rings. The molecule has 0 saturated heterocycles. The van der Waals surface area contributed by atoms with Gasteiger partial charge in [0, 0.05) is 23.2 Å². The maximum atomic E-state index is 12.7. The van der Waals surface area contributed by atoms with Crippen LogP contribution in [0.5, 0.6) is 0 Å². The molecule has 0 aromatic heterocycles. The Morgan fingerprint density at radius 2 is 1.78 bits per heavy atom. The number of hydrogen-bond donors (Lipinski definition) is 0. The summed E-state index contributed by atoms with van der Waals surface area (Å²) in [4.78, 5) is 25.0. The van der Waals surface area contributed by atoms with Crippen LogP contribution in [0.2, 0.25) is 0 Å². The normalized spacial score (nSPS) is 43.0. The number of rotatable bonds is 1. The van der Waals surface area contributed by atoms with E-state index in [4.69, 9.17) is 0 Å². The van der Waals surface area contributed by atoms with Crippen LogP contribution in [0.3, 0.4) is 0 Å². The van der Waals surface area contributed by atoms with Gasteiger partial charge in [-0.25, -0.2) is 0 Å². The zero-order chi connectivity index (χ0) is 18.8. The van der Waals surface area contributed by atoms with Crippen LogP contribution in [0, 0.1) is 28.6 Å². The number of ketones is 2. The molecule has 2 heteroatoms. The summed E-state index contributed by atoms with van der Waals surface area (Å²) in [5, 5.41) is 0. The van der Waals surface area contributed by atoms with E-state index in [2.05, 4.69) is 50.3 Å². The lowest BCUT2D eigenvalue weighted by Gasteiger charge is -2.57. The smallest absolute Gasteiger partial charge is 0.178 e. The molecule has 4 aliphatic rings. The van der Waals surface area contributed by atoms with Crippen molar-refractivity contribution in [2.24, 2.45) is 28.6 Å². The summed E-state index contributed by atoms with van der Waals surface area (Å²) in [7, 11) is 0. The van der Waals surface area contributed by atoms with Crippen LogP contribution >= 0.6 is 0 Å². The van der Waals surface area contributed by atoms with Crippen LogP contribution in [0.1, 0.15) is 57.4 Å². The molecular formula is C25H28O2. The highest BCUT2D eigenvalue weighted by Crippen LogP contribution is 2.66. The second-order valence-electron chi connectivity index (χ2n) is 9.61. The Morgan fingerprint density at radius 1 is 1.00 bits per heavy atom. The highest BCUT2D eigenvalue weighted by Gasteiger charge is 2.60. The second-order valence-corrected chi connectivity index (χ2v) is 9.61. The molecule has 0 bridgehead atoms. The fourth-order valence-electron chi connectivity index (χ4n) is 7.05. The zero-order valence-corrected chi connectivity index (χ0v) is 16.3. The average molecular weight is 360 g/mol. The largest absolute Gasteiger partial charge is 0.299 e. The molecule has 4 aliphatic carbocycles. The Bertz CT molecular complexity index is 864. The van der Waals surface area contributed by atoms with Crippen LogP contribution < -0.4 is 0 Å². The number of carbonyl (C=O) groups is 2.